The van der Waals surface area contributed by atoms with Crippen LogP contribution in [0.3, 0.4) is 0 Å². The molecular formula is C8H8N2OS. The Morgan fingerprint density at radius 1 is 1.50 bits per heavy atom. The van der Waals surface area contributed by atoms with E-state index in [1.165, 1.54) is 11.8 Å². The molecule has 0 fully saturated rings. The summed E-state index contributed by atoms with van der Waals surface area (Å²) in [4.78, 5) is 4.15. The fraction of sp³-hybridized carbons (Fsp3) is 0.125. The van der Waals surface area contributed by atoms with Gasteiger partial charge in [-0.2, -0.15) is 0 Å². The van der Waals surface area contributed by atoms with Gasteiger partial charge >= 0.3 is 0 Å². The van der Waals surface area contributed by atoms with Crippen LogP contribution in [0.1, 0.15) is 11.1 Å². The van der Waals surface area contributed by atoms with Crippen molar-refractivity contribution in [1.82, 2.24) is 10.0 Å². The van der Waals surface area contributed by atoms with Gasteiger partial charge in [0.2, 0.25) is 0 Å². The SMILES string of the molecule is ON1C=CSC1c1ccccn1. The molecule has 0 spiro atoms. The first-order valence-electron chi connectivity index (χ1n) is 3.58. The summed E-state index contributed by atoms with van der Waals surface area (Å²) >= 11 is 1.54. The van der Waals surface area contributed by atoms with E-state index in [0.29, 0.717) is 0 Å². The lowest BCUT2D eigenvalue weighted by Gasteiger charge is -2.16. The molecule has 1 aromatic rings. The van der Waals surface area contributed by atoms with Gasteiger partial charge in [0.15, 0.2) is 0 Å². The molecule has 0 aromatic carbocycles. The van der Waals surface area contributed by atoms with Crippen molar-refractivity contribution in [3.8, 4) is 0 Å². The molecule has 0 saturated carbocycles. The van der Waals surface area contributed by atoms with Crippen molar-refractivity contribution in [2.45, 2.75) is 5.37 Å². The zero-order valence-corrected chi connectivity index (χ0v) is 7.11. The molecule has 1 unspecified atom stereocenters. The number of thioether (sulfide) groups is 1. The third kappa shape index (κ3) is 1.31. The average Bonchev–Trinajstić information content (AvgIpc) is 2.53. The highest BCUT2D eigenvalue weighted by atomic mass is 32.2. The van der Waals surface area contributed by atoms with Gasteiger partial charge in [-0.1, -0.05) is 17.8 Å². The fourth-order valence-electron chi connectivity index (χ4n) is 1.04. The maximum atomic E-state index is 9.33. The quantitative estimate of drug-likeness (QED) is 0.717. The number of hydroxylamine groups is 2. The van der Waals surface area contributed by atoms with Crippen molar-refractivity contribution in [3.05, 3.63) is 41.7 Å². The Bertz CT molecular complexity index is 288. The Labute approximate surface area is 74.7 Å². The molecule has 4 heteroatoms. The summed E-state index contributed by atoms with van der Waals surface area (Å²) in [6, 6.07) is 5.67. The minimum absolute atomic E-state index is 0.0776. The molecule has 1 atom stereocenters. The van der Waals surface area contributed by atoms with E-state index in [4.69, 9.17) is 0 Å². The lowest BCUT2D eigenvalue weighted by atomic mass is 10.3. The lowest BCUT2D eigenvalue weighted by Crippen LogP contribution is -2.13. The van der Waals surface area contributed by atoms with Crippen LogP contribution in [0.2, 0.25) is 0 Å². The minimum atomic E-state index is -0.0776. The second kappa shape index (κ2) is 3.16. The molecule has 1 aromatic heterocycles. The summed E-state index contributed by atoms with van der Waals surface area (Å²) in [5.74, 6) is 0. The van der Waals surface area contributed by atoms with Gasteiger partial charge in [0.25, 0.3) is 0 Å². The molecule has 0 radical (unpaired) electrons. The van der Waals surface area contributed by atoms with Crippen LogP contribution in [-0.4, -0.2) is 15.3 Å². The van der Waals surface area contributed by atoms with Crippen molar-refractivity contribution in [2.75, 3.05) is 0 Å². The van der Waals surface area contributed by atoms with Gasteiger partial charge in [-0.25, -0.2) is 5.06 Å². The smallest absolute Gasteiger partial charge is 0.147 e. The largest absolute Gasteiger partial charge is 0.287 e. The predicted octanol–water partition coefficient (Wildman–Crippen LogP) is 1.99. The van der Waals surface area contributed by atoms with Crippen LogP contribution < -0.4 is 0 Å². The second-order valence-corrected chi connectivity index (χ2v) is 3.40. The van der Waals surface area contributed by atoms with Crippen LogP contribution in [0, 0.1) is 0 Å². The van der Waals surface area contributed by atoms with E-state index in [0.717, 1.165) is 10.8 Å². The van der Waals surface area contributed by atoms with Crippen molar-refractivity contribution in [2.24, 2.45) is 0 Å². The Morgan fingerprint density at radius 2 is 2.42 bits per heavy atom. The van der Waals surface area contributed by atoms with Crippen molar-refractivity contribution in [3.63, 3.8) is 0 Å². The summed E-state index contributed by atoms with van der Waals surface area (Å²) < 4.78 is 0. The standard InChI is InChI=1S/C8H8N2OS/c11-10-5-6-12-8(10)7-3-1-2-4-9-7/h1-6,8,11H. The number of hydrogen-bond donors (Lipinski definition) is 1. The highest BCUT2D eigenvalue weighted by molar-refractivity contribution is 8.02. The van der Waals surface area contributed by atoms with Crippen molar-refractivity contribution >= 4 is 11.8 Å². The van der Waals surface area contributed by atoms with Crippen LogP contribution in [0.25, 0.3) is 0 Å². The maximum absolute atomic E-state index is 9.33. The fourth-order valence-corrected chi connectivity index (χ4v) is 1.86. The molecule has 1 aliphatic rings. The van der Waals surface area contributed by atoms with Crippen molar-refractivity contribution in [1.29, 1.82) is 0 Å². The number of aromatic nitrogens is 1. The third-order valence-electron chi connectivity index (χ3n) is 1.60. The number of pyridine rings is 1. The second-order valence-electron chi connectivity index (χ2n) is 2.41. The Kier molecular flexibility index (Phi) is 2.01. The van der Waals surface area contributed by atoms with Gasteiger partial charge in [0.05, 0.1) is 5.69 Å². The van der Waals surface area contributed by atoms with E-state index in [2.05, 4.69) is 4.98 Å². The summed E-state index contributed by atoms with van der Waals surface area (Å²) in [5, 5.41) is 12.3. The van der Waals surface area contributed by atoms with Gasteiger partial charge < -0.3 is 0 Å². The van der Waals surface area contributed by atoms with E-state index in [1.807, 2.05) is 23.6 Å². The summed E-state index contributed by atoms with van der Waals surface area (Å²) in [6.45, 7) is 0. The molecule has 12 heavy (non-hydrogen) atoms. The first kappa shape index (κ1) is 7.64. The summed E-state index contributed by atoms with van der Waals surface area (Å²) in [7, 11) is 0. The molecule has 0 saturated heterocycles. The van der Waals surface area contributed by atoms with Gasteiger partial charge in [-0.3, -0.25) is 10.2 Å². The molecular weight excluding hydrogens is 172 g/mol. The van der Waals surface area contributed by atoms with E-state index < -0.39 is 0 Å². The Hall–Kier alpha value is -1.00. The van der Waals surface area contributed by atoms with Crippen molar-refractivity contribution < 1.29 is 5.21 Å². The zero-order valence-electron chi connectivity index (χ0n) is 6.29. The van der Waals surface area contributed by atoms with E-state index >= 15 is 0 Å². The van der Waals surface area contributed by atoms with Gasteiger partial charge in [0.1, 0.15) is 5.37 Å². The molecule has 1 N–H and O–H groups in total. The number of hydrogen-bond acceptors (Lipinski definition) is 4. The topological polar surface area (TPSA) is 36.4 Å². The van der Waals surface area contributed by atoms with Crippen LogP contribution >= 0.6 is 11.8 Å². The molecule has 1 aliphatic heterocycles. The molecule has 0 bridgehead atoms. The minimum Gasteiger partial charge on any atom is -0.287 e. The van der Waals surface area contributed by atoms with Gasteiger partial charge in [-0.05, 0) is 17.5 Å². The molecule has 0 amide bonds. The first-order valence-corrected chi connectivity index (χ1v) is 4.52. The van der Waals surface area contributed by atoms with Crippen LogP contribution in [-0.2, 0) is 0 Å². The lowest BCUT2D eigenvalue weighted by molar-refractivity contribution is -0.0503. The van der Waals surface area contributed by atoms with Gasteiger partial charge in [0, 0.05) is 12.4 Å². The molecule has 3 nitrogen and oxygen atoms in total. The molecule has 62 valence electrons. The predicted molar refractivity (Wildman–Crippen MR) is 47.3 cm³/mol. The van der Waals surface area contributed by atoms with E-state index in [9.17, 15) is 5.21 Å². The summed E-state index contributed by atoms with van der Waals surface area (Å²) in [5.41, 5.74) is 0.870. The highest BCUT2D eigenvalue weighted by Gasteiger charge is 2.20. The van der Waals surface area contributed by atoms with Gasteiger partial charge in [-0.15, -0.1) is 0 Å². The average molecular weight is 180 g/mol. The van der Waals surface area contributed by atoms with E-state index in [1.54, 1.807) is 12.4 Å². The van der Waals surface area contributed by atoms with Crippen LogP contribution in [0.4, 0.5) is 0 Å². The van der Waals surface area contributed by atoms with Crippen LogP contribution in [0.15, 0.2) is 36.0 Å². The summed E-state index contributed by atoms with van der Waals surface area (Å²) in [6.07, 6.45) is 3.35. The Balaban J connectivity index is 2.22. The first-order chi connectivity index (χ1) is 5.88. The third-order valence-corrected chi connectivity index (χ3v) is 2.60. The monoisotopic (exact) mass is 180 g/mol. The zero-order chi connectivity index (χ0) is 8.39. The van der Waals surface area contributed by atoms with E-state index in [-0.39, 0.29) is 5.37 Å². The number of nitrogens with zero attached hydrogens (tertiary/aromatic N) is 2. The maximum Gasteiger partial charge on any atom is 0.147 e. The Morgan fingerprint density at radius 3 is 3.00 bits per heavy atom. The van der Waals surface area contributed by atoms with Crippen LogP contribution in [0.5, 0.6) is 0 Å². The molecule has 0 aliphatic carbocycles. The normalized spacial score (nSPS) is 21.8. The molecule has 2 heterocycles. The molecule has 2 rings (SSSR count). The number of rotatable bonds is 1. The highest BCUT2D eigenvalue weighted by Crippen LogP contribution is 2.35.